The number of aromatic nitrogens is 3. The molecule has 0 bridgehead atoms. The molecular weight excluding hydrogens is 250 g/mol. The van der Waals surface area contributed by atoms with Crippen molar-refractivity contribution in [3.63, 3.8) is 0 Å². The Hall–Kier alpha value is -1.68. The minimum absolute atomic E-state index is 0.513. The molecule has 0 aliphatic heterocycles. The van der Waals surface area contributed by atoms with Gasteiger partial charge in [-0.1, -0.05) is 17.7 Å². The van der Waals surface area contributed by atoms with Gasteiger partial charge < -0.3 is 4.74 Å². The van der Waals surface area contributed by atoms with E-state index in [0.717, 1.165) is 16.8 Å². The van der Waals surface area contributed by atoms with Gasteiger partial charge in [0, 0.05) is 29.9 Å². The van der Waals surface area contributed by atoms with E-state index in [4.69, 9.17) is 16.3 Å². The Labute approximate surface area is 111 Å². The molecule has 0 fully saturated rings. The lowest BCUT2D eigenvalue weighted by atomic mass is 10.2. The lowest BCUT2D eigenvalue weighted by molar-refractivity contribution is 0.397. The molecule has 0 aliphatic carbocycles. The third-order valence-electron chi connectivity index (χ3n) is 2.75. The summed E-state index contributed by atoms with van der Waals surface area (Å²) in [4.78, 5) is 12.8. The molecule has 0 N–H and O–H groups in total. The number of aryl methyl sites for hydroxylation is 1. The predicted molar refractivity (Wildman–Crippen MR) is 70.1 cm³/mol. The maximum Gasteiger partial charge on any atom is 0.212 e. The Morgan fingerprint density at radius 1 is 1.22 bits per heavy atom. The van der Waals surface area contributed by atoms with Crippen molar-refractivity contribution in [3.05, 3.63) is 46.1 Å². The number of methoxy groups -OCH3 is 1. The van der Waals surface area contributed by atoms with Gasteiger partial charge in [0.1, 0.15) is 11.0 Å². The monoisotopic (exact) mass is 263 g/mol. The number of hydrogen-bond acceptors (Lipinski definition) is 4. The van der Waals surface area contributed by atoms with Crippen molar-refractivity contribution in [1.82, 2.24) is 15.0 Å². The van der Waals surface area contributed by atoms with E-state index in [1.165, 1.54) is 0 Å². The molecule has 94 valence electrons. The topological polar surface area (TPSA) is 47.9 Å². The molecule has 0 aliphatic rings. The third kappa shape index (κ3) is 2.76. The molecule has 0 aromatic carbocycles. The van der Waals surface area contributed by atoms with Crippen LogP contribution in [0.25, 0.3) is 0 Å². The zero-order chi connectivity index (χ0) is 13.1. The fourth-order valence-electron chi connectivity index (χ4n) is 1.55. The summed E-state index contributed by atoms with van der Waals surface area (Å²) in [5.41, 5.74) is 2.86. The smallest absolute Gasteiger partial charge is 0.212 e. The molecule has 0 atom stereocenters. The fourth-order valence-corrected chi connectivity index (χ4v) is 1.78. The van der Waals surface area contributed by atoms with Gasteiger partial charge in [-0.25, -0.2) is 15.0 Å². The highest BCUT2D eigenvalue weighted by molar-refractivity contribution is 6.30. The number of pyridine rings is 1. The van der Waals surface area contributed by atoms with Crippen LogP contribution in [0.4, 0.5) is 0 Å². The average Bonchev–Trinajstić information content (AvgIpc) is 2.37. The van der Waals surface area contributed by atoms with Crippen molar-refractivity contribution >= 4 is 11.6 Å². The molecule has 5 heteroatoms. The van der Waals surface area contributed by atoms with Crippen LogP contribution in [0.1, 0.15) is 22.6 Å². The largest absolute Gasteiger partial charge is 0.481 e. The first-order valence-electron chi connectivity index (χ1n) is 5.58. The summed E-state index contributed by atoms with van der Waals surface area (Å²) in [5, 5.41) is 0.513. The highest BCUT2D eigenvalue weighted by Crippen LogP contribution is 2.16. The van der Waals surface area contributed by atoms with E-state index >= 15 is 0 Å². The Kier molecular flexibility index (Phi) is 3.77. The molecule has 0 unspecified atom stereocenters. The Morgan fingerprint density at radius 2 is 2.00 bits per heavy atom. The molecule has 0 spiro atoms. The normalized spacial score (nSPS) is 10.4. The van der Waals surface area contributed by atoms with Crippen molar-refractivity contribution in [2.75, 3.05) is 7.11 Å². The SMILES string of the molecule is COc1ccc(Cc2nc(C)c(C)c(Cl)n2)cn1. The Balaban J connectivity index is 2.23. The highest BCUT2D eigenvalue weighted by Gasteiger charge is 2.07. The first-order valence-corrected chi connectivity index (χ1v) is 5.96. The molecule has 0 amide bonds. The number of rotatable bonds is 3. The lowest BCUT2D eigenvalue weighted by Crippen LogP contribution is -2.02. The van der Waals surface area contributed by atoms with E-state index in [1.807, 2.05) is 26.0 Å². The highest BCUT2D eigenvalue weighted by atomic mass is 35.5. The van der Waals surface area contributed by atoms with Crippen LogP contribution >= 0.6 is 11.6 Å². The molecule has 0 saturated heterocycles. The predicted octanol–water partition coefficient (Wildman–Crippen LogP) is 2.74. The first kappa shape index (κ1) is 12.8. The van der Waals surface area contributed by atoms with E-state index in [2.05, 4.69) is 15.0 Å². The van der Waals surface area contributed by atoms with Crippen molar-refractivity contribution in [3.8, 4) is 5.88 Å². The summed E-state index contributed by atoms with van der Waals surface area (Å²) >= 11 is 6.05. The van der Waals surface area contributed by atoms with Gasteiger partial charge >= 0.3 is 0 Å². The Bertz CT molecular complexity index is 532. The summed E-state index contributed by atoms with van der Waals surface area (Å²) in [7, 11) is 1.59. The molecule has 0 saturated carbocycles. The second kappa shape index (κ2) is 5.31. The van der Waals surface area contributed by atoms with Gasteiger partial charge in [0.05, 0.1) is 7.11 Å². The summed E-state index contributed by atoms with van der Waals surface area (Å²) in [6.45, 7) is 3.84. The van der Waals surface area contributed by atoms with E-state index < -0.39 is 0 Å². The molecular formula is C13H14ClN3O. The number of nitrogens with zero attached hydrogens (tertiary/aromatic N) is 3. The molecule has 0 radical (unpaired) electrons. The number of ether oxygens (including phenoxy) is 1. The fraction of sp³-hybridized carbons (Fsp3) is 0.308. The zero-order valence-corrected chi connectivity index (χ0v) is 11.3. The molecule has 2 rings (SSSR count). The van der Waals surface area contributed by atoms with Crippen LogP contribution in [-0.4, -0.2) is 22.1 Å². The summed E-state index contributed by atoms with van der Waals surface area (Å²) in [5.74, 6) is 1.30. The zero-order valence-electron chi connectivity index (χ0n) is 10.6. The number of hydrogen-bond donors (Lipinski definition) is 0. The first-order chi connectivity index (χ1) is 8.60. The van der Waals surface area contributed by atoms with Gasteiger partial charge in [0.2, 0.25) is 5.88 Å². The lowest BCUT2D eigenvalue weighted by Gasteiger charge is -2.06. The van der Waals surface area contributed by atoms with Crippen LogP contribution in [-0.2, 0) is 6.42 Å². The van der Waals surface area contributed by atoms with Crippen molar-refractivity contribution < 1.29 is 4.74 Å². The van der Waals surface area contributed by atoms with Crippen LogP contribution in [0.2, 0.25) is 5.15 Å². The minimum atomic E-state index is 0.513. The summed E-state index contributed by atoms with van der Waals surface area (Å²) in [6.07, 6.45) is 2.36. The van der Waals surface area contributed by atoms with Gasteiger partial charge in [-0.05, 0) is 19.4 Å². The van der Waals surface area contributed by atoms with E-state index in [-0.39, 0.29) is 0 Å². The molecule has 2 aromatic rings. The van der Waals surface area contributed by atoms with E-state index in [0.29, 0.717) is 23.3 Å². The van der Waals surface area contributed by atoms with Crippen molar-refractivity contribution in [2.24, 2.45) is 0 Å². The van der Waals surface area contributed by atoms with Crippen molar-refractivity contribution in [1.29, 1.82) is 0 Å². The van der Waals surface area contributed by atoms with Gasteiger partial charge in [0.15, 0.2) is 0 Å². The number of halogens is 1. The maximum atomic E-state index is 6.05. The molecule has 4 nitrogen and oxygen atoms in total. The van der Waals surface area contributed by atoms with Gasteiger partial charge in [-0.15, -0.1) is 0 Å². The third-order valence-corrected chi connectivity index (χ3v) is 3.11. The quantitative estimate of drug-likeness (QED) is 0.799. The minimum Gasteiger partial charge on any atom is -0.481 e. The molecule has 18 heavy (non-hydrogen) atoms. The second-order valence-corrected chi connectivity index (χ2v) is 4.38. The van der Waals surface area contributed by atoms with E-state index in [9.17, 15) is 0 Å². The van der Waals surface area contributed by atoms with Crippen molar-refractivity contribution in [2.45, 2.75) is 20.3 Å². The standard InChI is InChI=1S/C13H14ClN3O/c1-8-9(2)16-11(17-13(8)14)6-10-4-5-12(18-3)15-7-10/h4-5,7H,6H2,1-3H3. The van der Waals surface area contributed by atoms with Gasteiger partial charge in [0.25, 0.3) is 0 Å². The molecule has 2 aromatic heterocycles. The maximum absolute atomic E-state index is 6.05. The molecule has 2 heterocycles. The van der Waals surface area contributed by atoms with E-state index in [1.54, 1.807) is 13.3 Å². The summed E-state index contributed by atoms with van der Waals surface area (Å²) < 4.78 is 5.01. The van der Waals surface area contributed by atoms with Crippen LogP contribution in [0.15, 0.2) is 18.3 Å². The van der Waals surface area contributed by atoms with Crippen LogP contribution in [0.5, 0.6) is 5.88 Å². The van der Waals surface area contributed by atoms with Gasteiger partial charge in [-0.3, -0.25) is 0 Å². The van der Waals surface area contributed by atoms with Crippen LogP contribution < -0.4 is 4.74 Å². The summed E-state index contributed by atoms with van der Waals surface area (Å²) in [6, 6.07) is 3.76. The van der Waals surface area contributed by atoms with Crippen LogP contribution in [0, 0.1) is 13.8 Å². The van der Waals surface area contributed by atoms with Crippen LogP contribution in [0.3, 0.4) is 0 Å². The second-order valence-electron chi connectivity index (χ2n) is 4.03. The Morgan fingerprint density at radius 3 is 2.56 bits per heavy atom. The van der Waals surface area contributed by atoms with Gasteiger partial charge in [-0.2, -0.15) is 0 Å². The average molecular weight is 264 g/mol.